The minimum atomic E-state index is -1.09. The van der Waals surface area contributed by atoms with Gasteiger partial charge in [0.1, 0.15) is 11.5 Å². The number of nitro benzene ring substituents is 1. The van der Waals surface area contributed by atoms with Gasteiger partial charge < -0.3 is 15.2 Å². The third kappa shape index (κ3) is 3.33. The molecule has 0 saturated carbocycles. The topological polar surface area (TPSA) is 119 Å². The normalized spacial score (nSPS) is 16.1. The highest BCUT2D eigenvalue weighted by molar-refractivity contribution is 5.90. The molecule has 0 fully saturated rings. The molecule has 2 unspecified atom stereocenters. The number of anilines is 1. The van der Waals surface area contributed by atoms with Gasteiger partial charge in [0.25, 0.3) is 5.69 Å². The van der Waals surface area contributed by atoms with Gasteiger partial charge in [-0.15, -0.1) is 0 Å². The molecule has 0 spiro atoms. The molecule has 2 aromatic rings. The zero-order valence-corrected chi connectivity index (χ0v) is 14.8. The minimum Gasteiger partial charge on any atom is -0.496 e. The number of aromatic carboxylic acids is 1. The van der Waals surface area contributed by atoms with Crippen LogP contribution in [0.2, 0.25) is 0 Å². The lowest BCUT2D eigenvalue weighted by Crippen LogP contribution is -2.21. The summed E-state index contributed by atoms with van der Waals surface area (Å²) in [5.74, 6) is -1.89. The summed E-state index contributed by atoms with van der Waals surface area (Å²) in [5.41, 5.74) is 2.00. The maximum atomic E-state index is 12.5. The molecule has 0 amide bonds. The fraction of sp³-hybridized carbons (Fsp3) is 0.263. The second kappa shape index (κ2) is 7.06. The first-order valence-electron chi connectivity index (χ1n) is 8.27. The number of rotatable bonds is 6. The van der Waals surface area contributed by atoms with Crippen LogP contribution in [0.15, 0.2) is 36.4 Å². The zero-order valence-electron chi connectivity index (χ0n) is 14.8. The summed E-state index contributed by atoms with van der Waals surface area (Å²) in [7, 11) is 1.41. The smallest absolute Gasteiger partial charge is 0.335 e. The Balaban J connectivity index is 2.10. The largest absolute Gasteiger partial charge is 0.496 e. The van der Waals surface area contributed by atoms with Gasteiger partial charge in [-0.1, -0.05) is 6.07 Å². The van der Waals surface area contributed by atoms with Gasteiger partial charge in [-0.25, -0.2) is 4.79 Å². The van der Waals surface area contributed by atoms with E-state index in [1.807, 2.05) is 0 Å². The summed E-state index contributed by atoms with van der Waals surface area (Å²) >= 11 is 0. The molecular weight excluding hydrogens is 352 g/mol. The Morgan fingerprint density at radius 1 is 1.30 bits per heavy atom. The van der Waals surface area contributed by atoms with Gasteiger partial charge in [-0.3, -0.25) is 14.9 Å². The zero-order chi connectivity index (χ0) is 19.7. The number of carbonyl (C=O) groups excluding carboxylic acids is 1. The number of fused-ring (bicyclic) bond motifs is 1. The van der Waals surface area contributed by atoms with Crippen molar-refractivity contribution in [3.05, 3.63) is 63.2 Å². The Hall–Kier alpha value is -3.42. The standard InChI is InChI=1S/C19H18N2O6/c1-10(22)18(13-5-3-11(19(23)24)7-17(13)27-2)15-9-20-16-6-4-12(21(25)26)8-14(15)16/h3-8,15,18,20H,9H2,1-2H3,(H,23,24). The molecule has 140 valence electrons. The number of carbonyl (C=O) groups is 2. The molecule has 8 heteroatoms. The quantitative estimate of drug-likeness (QED) is 0.592. The van der Waals surface area contributed by atoms with Crippen LogP contribution in [-0.2, 0) is 4.79 Å². The average Bonchev–Trinajstić information content (AvgIpc) is 3.04. The van der Waals surface area contributed by atoms with E-state index < -0.39 is 16.8 Å². The van der Waals surface area contributed by atoms with Crippen molar-refractivity contribution in [1.82, 2.24) is 0 Å². The van der Waals surface area contributed by atoms with Crippen molar-refractivity contribution in [1.29, 1.82) is 0 Å². The van der Waals surface area contributed by atoms with Crippen molar-refractivity contribution in [3.63, 3.8) is 0 Å². The molecule has 0 bridgehead atoms. The summed E-state index contributed by atoms with van der Waals surface area (Å²) < 4.78 is 5.33. The van der Waals surface area contributed by atoms with Gasteiger partial charge in [0, 0.05) is 35.8 Å². The van der Waals surface area contributed by atoms with Crippen molar-refractivity contribution >= 4 is 23.1 Å². The third-order valence-electron chi connectivity index (χ3n) is 4.81. The molecule has 2 atom stereocenters. The predicted octanol–water partition coefficient (Wildman–Crippen LogP) is 3.18. The molecule has 1 aliphatic rings. The summed E-state index contributed by atoms with van der Waals surface area (Å²) in [5, 5.41) is 23.5. The Bertz CT molecular complexity index is 940. The van der Waals surface area contributed by atoms with Crippen LogP contribution < -0.4 is 10.1 Å². The van der Waals surface area contributed by atoms with Gasteiger partial charge in [-0.05, 0) is 30.7 Å². The van der Waals surface area contributed by atoms with Crippen LogP contribution in [0.1, 0.15) is 40.2 Å². The maximum Gasteiger partial charge on any atom is 0.335 e. The number of methoxy groups -OCH3 is 1. The van der Waals surface area contributed by atoms with Crippen molar-refractivity contribution in [2.45, 2.75) is 18.8 Å². The fourth-order valence-electron chi connectivity index (χ4n) is 3.58. The SMILES string of the molecule is COc1cc(C(=O)O)ccc1C(C(C)=O)C1CNc2ccc([N+](=O)[O-])cc21. The van der Waals surface area contributed by atoms with E-state index in [1.54, 1.807) is 12.1 Å². The van der Waals surface area contributed by atoms with E-state index in [0.29, 0.717) is 23.4 Å². The van der Waals surface area contributed by atoms with Gasteiger partial charge in [0.2, 0.25) is 0 Å². The monoisotopic (exact) mass is 370 g/mol. The van der Waals surface area contributed by atoms with Crippen molar-refractivity contribution in [2.24, 2.45) is 0 Å². The number of benzene rings is 2. The Morgan fingerprint density at radius 3 is 2.63 bits per heavy atom. The van der Waals surface area contributed by atoms with E-state index in [-0.39, 0.29) is 23.0 Å². The number of carboxylic acid groups (broad SMARTS) is 1. The first-order chi connectivity index (χ1) is 12.8. The van der Waals surface area contributed by atoms with Crippen LogP contribution >= 0.6 is 0 Å². The number of Topliss-reactive ketones (excluding diaryl/α,β-unsaturated/α-hetero) is 1. The number of nitrogens with zero attached hydrogens (tertiary/aromatic N) is 1. The van der Waals surface area contributed by atoms with Crippen LogP contribution in [0.25, 0.3) is 0 Å². The van der Waals surface area contributed by atoms with Crippen LogP contribution in [-0.4, -0.2) is 35.4 Å². The minimum absolute atomic E-state index is 0.0436. The van der Waals surface area contributed by atoms with E-state index >= 15 is 0 Å². The Kier molecular flexibility index (Phi) is 4.81. The van der Waals surface area contributed by atoms with E-state index in [0.717, 1.165) is 5.69 Å². The van der Waals surface area contributed by atoms with E-state index in [9.17, 15) is 24.8 Å². The highest BCUT2D eigenvalue weighted by Crippen LogP contribution is 2.45. The number of ketones is 1. The summed E-state index contributed by atoms with van der Waals surface area (Å²) in [6, 6.07) is 8.91. The number of ether oxygens (including phenoxy) is 1. The number of nitrogens with one attached hydrogen (secondary N) is 1. The van der Waals surface area contributed by atoms with E-state index in [2.05, 4.69) is 5.32 Å². The second-order valence-corrected chi connectivity index (χ2v) is 6.37. The summed E-state index contributed by atoms with van der Waals surface area (Å²) in [6.07, 6.45) is 0. The molecule has 0 saturated heterocycles. The summed E-state index contributed by atoms with van der Waals surface area (Å²) in [6.45, 7) is 1.88. The second-order valence-electron chi connectivity index (χ2n) is 6.37. The van der Waals surface area contributed by atoms with Crippen molar-refractivity contribution < 1.29 is 24.4 Å². The molecule has 2 N–H and O–H groups in total. The lowest BCUT2D eigenvalue weighted by atomic mass is 9.79. The lowest BCUT2D eigenvalue weighted by molar-refractivity contribution is -0.384. The van der Waals surface area contributed by atoms with Crippen LogP contribution in [0, 0.1) is 10.1 Å². The highest BCUT2D eigenvalue weighted by Gasteiger charge is 2.36. The van der Waals surface area contributed by atoms with Crippen LogP contribution in [0.3, 0.4) is 0 Å². The van der Waals surface area contributed by atoms with Gasteiger partial charge in [0.05, 0.1) is 23.5 Å². The van der Waals surface area contributed by atoms with Gasteiger partial charge in [-0.2, -0.15) is 0 Å². The average molecular weight is 370 g/mol. The molecular formula is C19H18N2O6. The van der Waals surface area contributed by atoms with Crippen LogP contribution in [0.4, 0.5) is 11.4 Å². The summed E-state index contributed by atoms with van der Waals surface area (Å²) in [4.78, 5) is 34.4. The predicted molar refractivity (Wildman–Crippen MR) is 97.7 cm³/mol. The number of nitro groups is 1. The molecule has 0 aliphatic carbocycles. The third-order valence-corrected chi connectivity index (χ3v) is 4.81. The molecule has 1 heterocycles. The Morgan fingerprint density at radius 2 is 2.04 bits per heavy atom. The number of non-ortho nitro benzene ring substituents is 1. The molecule has 2 aromatic carbocycles. The molecule has 3 rings (SSSR count). The number of carboxylic acids is 1. The first kappa shape index (κ1) is 18.4. The Labute approximate surface area is 154 Å². The molecule has 27 heavy (non-hydrogen) atoms. The van der Waals surface area contributed by atoms with Crippen molar-refractivity contribution in [3.8, 4) is 5.75 Å². The van der Waals surface area contributed by atoms with Gasteiger partial charge >= 0.3 is 5.97 Å². The van der Waals surface area contributed by atoms with E-state index in [1.165, 1.54) is 38.3 Å². The number of hydrogen-bond acceptors (Lipinski definition) is 6. The molecule has 0 radical (unpaired) electrons. The number of hydrogen-bond donors (Lipinski definition) is 2. The van der Waals surface area contributed by atoms with Crippen molar-refractivity contribution in [2.75, 3.05) is 19.0 Å². The fourth-order valence-corrected chi connectivity index (χ4v) is 3.58. The molecule has 1 aliphatic heterocycles. The van der Waals surface area contributed by atoms with E-state index in [4.69, 9.17) is 4.74 Å². The maximum absolute atomic E-state index is 12.5. The lowest BCUT2D eigenvalue weighted by Gasteiger charge is -2.23. The highest BCUT2D eigenvalue weighted by atomic mass is 16.6. The first-order valence-corrected chi connectivity index (χ1v) is 8.27. The molecule has 8 nitrogen and oxygen atoms in total. The van der Waals surface area contributed by atoms with Gasteiger partial charge in [0.15, 0.2) is 0 Å². The molecule has 0 aromatic heterocycles. The van der Waals surface area contributed by atoms with Crippen LogP contribution in [0.5, 0.6) is 5.75 Å².